The van der Waals surface area contributed by atoms with Gasteiger partial charge < -0.3 is 25.2 Å². The van der Waals surface area contributed by atoms with Gasteiger partial charge in [0.1, 0.15) is 5.75 Å². The number of likely N-dealkylation sites (N-methyl/N-ethyl adjacent to an activating group) is 1. The molecule has 1 rings (SSSR count). The number of aliphatic carboxylic acids is 1. The number of ether oxygens (including phenoxy) is 1. The Labute approximate surface area is 123 Å². The van der Waals surface area contributed by atoms with E-state index in [1.807, 2.05) is 0 Å². The lowest BCUT2D eigenvalue weighted by Crippen LogP contribution is -2.41. The van der Waals surface area contributed by atoms with Crippen LogP contribution in [0.25, 0.3) is 0 Å². The van der Waals surface area contributed by atoms with Gasteiger partial charge in [0.05, 0.1) is 12.1 Å². The van der Waals surface area contributed by atoms with Gasteiger partial charge in [0.25, 0.3) is 0 Å². The smallest absolute Gasteiger partial charge is 0.341 e. The Morgan fingerprint density at radius 2 is 1.86 bits per heavy atom. The first kappa shape index (κ1) is 16.8. The summed E-state index contributed by atoms with van der Waals surface area (Å²) in [5, 5.41) is 20.8. The van der Waals surface area contributed by atoms with Crippen LogP contribution in [0.15, 0.2) is 24.3 Å². The van der Waals surface area contributed by atoms with Crippen LogP contribution in [0, 0.1) is 0 Å². The Bertz CT molecular complexity index is 493. The molecule has 21 heavy (non-hydrogen) atoms. The minimum absolute atomic E-state index is 0.193. The molecule has 0 heterocycles. The molecule has 7 nitrogen and oxygen atoms in total. The van der Waals surface area contributed by atoms with Gasteiger partial charge in [-0.25, -0.2) is 9.59 Å². The van der Waals surface area contributed by atoms with E-state index in [4.69, 9.17) is 9.84 Å². The lowest BCUT2D eigenvalue weighted by Gasteiger charge is -2.25. The van der Waals surface area contributed by atoms with Crippen molar-refractivity contribution in [2.45, 2.75) is 19.4 Å². The number of hydrogen-bond donors (Lipinski definition) is 3. The summed E-state index contributed by atoms with van der Waals surface area (Å²) in [5.41, 5.74) is -0.425. The molecular weight excluding hydrogens is 276 g/mol. The number of nitrogens with one attached hydrogen (secondary N) is 1. The van der Waals surface area contributed by atoms with Crippen LogP contribution < -0.4 is 10.1 Å². The number of carboxylic acid groups (broad SMARTS) is 1. The average molecular weight is 296 g/mol. The van der Waals surface area contributed by atoms with Gasteiger partial charge in [-0.05, 0) is 38.1 Å². The zero-order chi connectivity index (χ0) is 16.0. The first-order chi connectivity index (χ1) is 9.67. The zero-order valence-corrected chi connectivity index (χ0v) is 12.3. The van der Waals surface area contributed by atoms with Gasteiger partial charge in [0, 0.05) is 12.7 Å². The fourth-order valence-corrected chi connectivity index (χ4v) is 1.65. The molecule has 1 aromatic carbocycles. The number of rotatable bonds is 6. The van der Waals surface area contributed by atoms with Crippen molar-refractivity contribution >= 4 is 17.7 Å². The second kappa shape index (κ2) is 6.94. The molecule has 0 radical (unpaired) electrons. The third kappa shape index (κ3) is 6.62. The molecule has 7 heteroatoms. The third-order valence-corrected chi connectivity index (χ3v) is 2.44. The van der Waals surface area contributed by atoms with Crippen molar-refractivity contribution in [3.8, 4) is 5.75 Å². The summed E-state index contributed by atoms with van der Waals surface area (Å²) in [6.07, 6.45) is 0. The van der Waals surface area contributed by atoms with Gasteiger partial charge in [-0.3, -0.25) is 0 Å². The maximum atomic E-state index is 11.9. The SMILES string of the molecule is CN(CC(C)(C)O)C(=O)Nc1ccc(OCC(=O)O)cc1. The van der Waals surface area contributed by atoms with Crippen molar-refractivity contribution in [1.82, 2.24) is 4.90 Å². The topological polar surface area (TPSA) is 99.1 Å². The first-order valence-corrected chi connectivity index (χ1v) is 6.36. The molecule has 0 aliphatic rings. The monoisotopic (exact) mass is 296 g/mol. The molecule has 0 atom stereocenters. The Morgan fingerprint density at radius 3 is 2.33 bits per heavy atom. The number of aliphatic hydroxyl groups is 1. The molecule has 0 bridgehead atoms. The molecule has 1 aromatic rings. The quantitative estimate of drug-likeness (QED) is 0.736. The van der Waals surface area contributed by atoms with Gasteiger partial charge in [-0.1, -0.05) is 0 Å². The van der Waals surface area contributed by atoms with Crippen LogP contribution in [0.4, 0.5) is 10.5 Å². The lowest BCUT2D eigenvalue weighted by molar-refractivity contribution is -0.139. The molecule has 0 saturated heterocycles. The summed E-state index contributed by atoms with van der Waals surface area (Å²) in [5.74, 6) is -0.652. The van der Waals surface area contributed by atoms with Crippen molar-refractivity contribution in [2.75, 3.05) is 25.5 Å². The normalized spacial score (nSPS) is 10.9. The number of amides is 2. The van der Waals surface area contributed by atoms with Gasteiger partial charge >= 0.3 is 12.0 Å². The average Bonchev–Trinajstić information content (AvgIpc) is 2.35. The Kier molecular flexibility index (Phi) is 5.54. The summed E-state index contributed by atoms with van der Waals surface area (Å²) in [4.78, 5) is 23.6. The van der Waals surface area contributed by atoms with E-state index in [0.29, 0.717) is 11.4 Å². The minimum atomic E-state index is -1.05. The third-order valence-electron chi connectivity index (χ3n) is 2.44. The van der Waals surface area contributed by atoms with E-state index in [-0.39, 0.29) is 12.6 Å². The highest BCUT2D eigenvalue weighted by molar-refractivity contribution is 5.89. The van der Waals surface area contributed by atoms with Crippen LogP contribution >= 0.6 is 0 Å². The minimum Gasteiger partial charge on any atom is -0.482 e. The number of carbonyl (C=O) groups excluding carboxylic acids is 1. The fourth-order valence-electron chi connectivity index (χ4n) is 1.65. The van der Waals surface area contributed by atoms with Crippen LogP contribution in [-0.4, -0.2) is 52.9 Å². The molecule has 0 unspecified atom stereocenters. The van der Waals surface area contributed by atoms with Crippen molar-refractivity contribution in [3.05, 3.63) is 24.3 Å². The van der Waals surface area contributed by atoms with Crippen LogP contribution in [0.3, 0.4) is 0 Å². The molecule has 0 aromatic heterocycles. The summed E-state index contributed by atoms with van der Waals surface area (Å²) in [6, 6.07) is 5.99. The summed E-state index contributed by atoms with van der Waals surface area (Å²) >= 11 is 0. The molecule has 3 N–H and O–H groups in total. The molecule has 0 aliphatic carbocycles. The predicted octanol–water partition coefficient (Wildman–Crippen LogP) is 1.38. The van der Waals surface area contributed by atoms with Crippen LogP contribution in [0.1, 0.15) is 13.8 Å². The first-order valence-electron chi connectivity index (χ1n) is 6.36. The highest BCUT2D eigenvalue weighted by Crippen LogP contribution is 2.16. The maximum Gasteiger partial charge on any atom is 0.341 e. The Balaban J connectivity index is 2.55. The number of benzene rings is 1. The highest BCUT2D eigenvalue weighted by Gasteiger charge is 2.19. The number of nitrogens with zero attached hydrogens (tertiary/aromatic N) is 1. The lowest BCUT2D eigenvalue weighted by atomic mass is 10.1. The van der Waals surface area contributed by atoms with Crippen molar-refractivity contribution in [1.29, 1.82) is 0 Å². The van der Waals surface area contributed by atoms with E-state index in [2.05, 4.69) is 5.32 Å². The second-order valence-corrected chi connectivity index (χ2v) is 5.31. The molecule has 0 aliphatic heterocycles. The number of urea groups is 1. The number of carbonyl (C=O) groups is 2. The van der Waals surface area contributed by atoms with E-state index in [0.717, 1.165) is 0 Å². The van der Waals surface area contributed by atoms with Crippen molar-refractivity contribution in [2.24, 2.45) is 0 Å². The molecule has 2 amide bonds. The predicted molar refractivity (Wildman–Crippen MR) is 77.5 cm³/mol. The second-order valence-electron chi connectivity index (χ2n) is 5.31. The van der Waals surface area contributed by atoms with E-state index in [9.17, 15) is 14.7 Å². The van der Waals surface area contributed by atoms with E-state index in [1.165, 1.54) is 4.90 Å². The number of hydrogen-bond acceptors (Lipinski definition) is 4. The van der Waals surface area contributed by atoms with E-state index in [1.54, 1.807) is 45.2 Å². The van der Waals surface area contributed by atoms with Crippen molar-refractivity contribution < 1.29 is 24.5 Å². The Hall–Kier alpha value is -2.28. The van der Waals surface area contributed by atoms with E-state index >= 15 is 0 Å². The Morgan fingerprint density at radius 1 is 1.29 bits per heavy atom. The standard InChI is InChI=1S/C14H20N2O5/c1-14(2,20)9-16(3)13(19)15-10-4-6-11(7-5-10)21-8-12(17)18/h4-7,20H,8-9H2,1-3H3,(H,15,19)(H,17,18). The van der Waals surface area contributed by atoms with Gasteiger partial charge in [0.15, 0.2) is 6.61 Å². The fraction of sp³-hybridized carbons (Fsp3) is 0.429. The molecule has 0 saturated carbocycles. The summed E-state index contributed by atoms with van der Waals surface area (Å²) < 4.78 is 4.98. The highest BCUT2D eigenvalue weighted by atomic mass is 16.5. The largest absolute Gasteiger partial charge is 0.482 e. The maximum absolute atomic E-state index is 11.9. The van der Waals surface area contributed by atoms with Gasteiger partial charge in [0.2, 0.25) is 0 Å². The van der Waals surface area contributed by atoms with Crippen molar-refractivity contribution in [3.63, 3.8) is 0 Å². The molecule has 116 valence electrons. The molecule has 0 spiro atoms. The van der Waals surface area contributed by atoms with Crippen LogP contribution in [0.5, 0.6) is 5.75 Å². The zero-order valence-electron chi connectivity index (χ0n) is 12.3. The number of carboxylic acids is 1. The van der Waals surface area contributed by atoms with Crippen LogP contribution in [0.2, 0.25) is 0 Å². The number of anilines is 1. The van der Waals surface area contributed by atoms with E-state index < -0.39 is 18.2 Å². The summed E-state index contributed by atoms with van der Waals surface area (Å²) in [7, 11) is 1.58. The van der Waals surface area contributed by atoms with Crippen LogP contribution in [-0.2, 0) is 4.79 Å². The van der Waals surface area contributed by atoms with Gasteiger partial charge in [-0.15, -0.1) is 0 Å². The summed E-state index contributed by atoms with van der Waals surface area (Å²) in [6.45, 7) is 3.01. The molecule has 0 fully saturated rings. The van der Waals surface area contributed by atoms with Gasteiger partial charge in [-0.2, -0.15) is 0 Å². The molecular formula is C14H20N2O5.